The van der Waals surface area contributed by atoms with Gasteiger partial charge in [0.2, 0.25) is 5.91 Å². The fourth-order valence-electron chi connectivity index (χ4n) is 4.83. The van der Waals surface area contributed by atoms with Crippen molar-refractivity contribution >= 4 is 30.0 Å². The van der Waals surface area contributed by atoms with Crippen LogP contribution in [-0.4, -0.2) is 69.2 Å². The number of rotatable bonds is 9. The van der Waals surface area contributed by atoms with E-state index < -0.39 is 53.7 Å². The SMILES string of the molecule is CC(C)(C)OC(=O)CCC(C(=O)O)N1C(=O)C(N2C(=O)OC[C@@H]2c2ccccc2)C1C=Cc1ccccc1. The quantitative estimate of drug-likeness (QED) is 0.392. The zero-order valence-electron chi connectivity index (χ0n) is 21.7. The molecule has 200 valence electrons. The maximum Gasteiger partial charge on any atom is 0.411 e. The molecule has 9 nitrogen and oxygen atoms in total. The molecule has 2 aromatic rings. The average Bonchev–Trinajstić information content (AvgIpc) is 3.24. The largest absolute Gasteiger partial charge is 0.480 e. The number of nitrogens with zero attached hydrogens (tertiary/aromatic N) is 2. The summed E-state index contributed by atoms with van der Waals surface area (Å²) in [5.41, 5.74) is 0.960. The Hall–Kier alpha value is -4.14. The maximum atomic E-state index is 13.6. The molecule has 0 spiro atoms. The molecule has 2 heterocycles. The van der Waals surface area contributed by atoms with E-state index in [4.69, 9.17) is 9.47 Å². The second kappa shape index (κ2) is 11.1. The van der Waals surface area contributed by atoms with E-state index in [9.17, 15) is 24.3 Å². The highest BCUT2D eigenvalue weighted by Gasteiger charge is 2.58. The van der Waals surface area contributed by atoms with E-state index >= 15 is 0 Å². The lowest BCUT2D eigenvalue weighted by atomic mass is 9.87. The number of carboxylic acids is 1. The molecule has 2 fully saturated rings. The van der Waals surface area contributed by atoms with Gasteiger partial charge >= 0.3 is 18.0 Å². The Morgan fingerprint density at radius 2 is 1.71 bits per heavy atom. The van der Waals surface area contributed by atoms with Gasteiger partial charge in [-0.05, 0) is 38.3 Å². The third-order valence-corrected chi connectivity index (χ3v) is 6.50. The second-order valence-electron chi connectivity index (χ2n) is 10.3. The number of cyclic esters (lactones) is 1. The number of carbonyl (C=O) groups is 4. The Morgan fingerprint density at radius 1 is 1.08 bits per heavy atom. The van der Waals surface area contributed by atoms with Crippen LogP contribution in [0.25, 0.3) is 6.08 Å². The van der Waals surface area contributed by atoms with Crippen LogP contribution in [0.3, 0.4) is 0 Å². The number of β-lactam (4-membered cyclic amide) rings is 1. The molecule has 3 unspecified atom stereocenters. The van der Waals surface area contributed by atoms with Gasteiger partial charge in [0.05, 0.1) is 12.1 Å². The zero-order valence-corrected chi connectivity index (χ0v) is 21.7. The number of amides is 2. The number of hydrogen-bond donors (Lipinski definition) is 1. The fourth-order valence-corrected chi connectivity index (χ4v) is 4.83. The van der Waals surface area contributed by atoms with E-state index in [2.05, 4.69) is 0 Å². The molecule has 1 N–H and O–H groups in total. The molecule has 4 rings (SSSR count). The van der Waals surface area contributed by atoms with Gasteiger partial charge in [-0.1, -0.05) is 72.8 Å². The molecule has 0 aliphatic carbocycles. The Morgan fingerprint density at radius 3 is 2.32 bits per heavy atom. The number of hydrogen-bond acceptors (Lipinski definition) is 6. The van der Waals surface area contributed by atoms with Crippen LogP contribution in [0.2, 0.25) is 0 Å². The maximum absolute atomic E-state index is 13.6. The number of ether oxygens (including phenoxy) is 2. The van der Waals surface area contributed by atoms with E-state index in [-0.39, 0.29) is 19.4 Å². The van der Waals surface area contributed by atoms with Gasteiger partial charge in [-0.25, -0.2) is 9.59 Å². The van der Waals surface area contributed by atoms with Crippen LogP contribution >= 0.6 is 0 Å². The molecule has 0 aromatic heterocycles. The van der Waals surface area contributed by atoms with E-state index in [0.29, 0.717) is 0 Å². The highest BCUT2D eigenvalue weighted by atomic mass is 16.6. The van der Waals surface area contributed by atoms with Crippen LogP contribution < -0.4 is 0 Å². The van der Waals surface area contributed by atoms with Crippen LogP contribution in [0.15, 0.2) is 66.7 Å². The lowest BCUT2D eigenvalue weighted by molar-refractivity contribution is -0.169. The standard InChI is InChI=1S/C29H32N2O7/c1-29(2,3)38-24(32)17-16-22(27(34)35)30-21(15-14-19-10-6-4-7-11-19)25(26(30)33)31-23(18-37-28(31)36)20-12-8-5-9-13-20/h4-15,21-23,25H,16-18H2,1-3H3,(H,34,35)/t21?,22?,23-,25?/m1/s1. The van der Waals surface area contributed by atoms with Crippen molar-refractivity contribution in [2.75, 3.05) is 6.61 Å². The molecule has 2 aliphatic rings. The van der Waals surface area contributed by atoms with Crippen molar-refractivity contribution < 1.29 is 33.8 Å². The van der Waals surface area contributed by atoms with Gasteiger partial charge in [-0.2, -0.15) is 0 Å². The van der Waals surface area contributed by atoms with Crippen molar-refractivity contribution in [2.24, 2.45) is 0 Å². The van der Waals surface area contributed by atoms with Crippen LogP contribution in [0.5, 0.6) is 0 Å². The number of aliphatic carboxylic acids is 1. The van der Waals surface area contributed by atoms with Gasteiger partial charge in [0.15, 0.2) is 0 Å². The lowest BCUT2D eigenvalue weighted by Crippen LogP contribution is -2.73. The van der Waals surface area contributed by atoms with Gasteiger partial charge in [0.1, 0.15) is 24.3 Å². The zero-order chi connectivity index (χ0) is 27.4. The average molecular weight is 521 g/mol. The molecule has 9 heteroatoms. The molecule has 0 saturated carbocycles. The van der Waals surface area contributed by atoms with Gasteiger partial charge in [-0.15, -0.1) is 0 Å². The first-order valence-electron chi connectivity index (χ1n) is 12.6. The molecule has 4 atom stereocenters. The molecule has 38 heavy (non-hydrogen) atoms. The normalized spacial score (nSPS) is 22.2. The third kappa shape index (κ3) is 5.88. The van der Waals surface area contributed by atoms with Crippen molar-refractivity contribution in [2.45, 2.75) is 63.4 Å². The minimum absolute atomic E-state index is 0.0861. The van der Waals surface area contributed by atoms with Gasteiger partial charge < -0.3 is 19.5 Å². The summed E-state index contributed by atoms with van der Waals surface area (Å²) in [6.45, 7) is 5.27. The summed E-state index contributed by atoms with van der Waals surface area (Å²) in [7, 11) is 0. The monoisotopic (exact) mass is 520 g/mol. The van der Waals surface area contributed by atoms with Crippen molar-refractivity contribution in [1.29, 1.82) is 0 Å². The van der Waals surface area contributed by atoms with Crippen LogP contribution in [0.1, 0.15) is 50.8 Å². The second-order valence-corrected chi connectivity index (χ2v) is 10.3. The number of carboxylic acid groups (broad SMARTS) is 1. The molecule has 2 amide bonds. The number of esters is 1. The van der Waals surface area contributed by atoms with Crippen molar-refractivity contribution in [1.82, 2.24) is 9.80 Å². The lowest BCUT2D eigenvalue weighted by Gasteiger charge is -2.51. The molecule has 2 aliphatic heterocycles. The van der Waals surface area contributed by atoms with Gasteiger partial charge in [0.25, 0.3) is 0 Å². The van der Waals surface area contributed by atoms with Crippen molar-refractivity contribution in [3.63, 3.8) is 0 Å². The van der Waals surface area contributed by atoms with E-state index in [0.717, 1.165) is 11.1 Å². The van der Waals surface area contributed by atoms with Crippen molar-refractivity contribution in [3.05, 3.63) is 77.9 Å². The molecule has 0 radical (unpaired) electrons. The summed E-state index contributed by atoms with van der Waals surface area (Å²) in [5.74, 6) is -2.29. The third-order valence-electron chi connectivity index (χ3n) is 6.50. The number of carbonyl (C=O) groups excluding carboxylic acids is 3. The Labute approximate surface area is 221 Å². The van der Waals surface area contributed by atoms with E-state index in [1.165, 1.54) is 9.80 Å². The van der Waals surface area contributed by atoms with Gasteiger partial charge in [-0.3, -0.25) is 14.5 Å². The molecular weight excluding hydrogens is 488 g/mol. The van der Waals surface area contributed by atoms with Crippen molar-refractivity contribution in [3.8, 4) is 0 Å². The first-order chi connectivity index (χ1) is 18.1. The highest BCUT2D eigenvalue weighted by molar-refractivity contribution is 5.97. The number of benzene rings is 2. The minimum Gasteiger partial charge on any atom is -0.480 e. The Balaban J connectivity index is 1.63. The minimum atomic E-state index is -1.27. The first-order valence-corrected chi connectivity index (χ1v) is 12.6. The Bertz CT molecular complexity index is 1210. The summed E-state index contributed by atoms with van der Waals surface area (Å²) in [6.07, 6.45) is 2.61. The smallest absolute Gasteiger partial charge is 0.411 e. The van der Waals surface area contributed by atoms with E-state index in [1.807, 2.05) is 60.7 Å². The summed E-state index contributed by atoms with van der Waals surface area (Å²) >= 11 is 0. The number of likely N-dealkylation sites (tertiary alicyclic amines) is 1. The highest BCUT2D eigenvalue weighted by Crippen LogP contribution is 2.39. The van der Waals surface area contributed by atoms with Crippen LogP contribution in [0.4, 0.5) is 4.79 Å². The summed E-state index contributed by atoms with van der Waals surface area (Å²) in [4.78, 5) is 53.7. The topological polar surface area (TPSA) is 113 Å². The summed E-state index contributed by atoms with van der Waals surface area (Å²) in [5, 5.41) is 10.0. The van der Waals surface area contributed by atoms with Crippen LogP contribution in [0, 0.1) is 0 Å². The van der Waals surface area contributed by atoms with E-state index in [1.54, 1.807) is 32.9 Å². The molecule has 2 saturated heterocycles. The first kappa shape index (κ1) is 26.9. The van der Waals surface area contributed by atoms with Crippen LogP contribution in [-0.2, 0) is 23.9 Å². The molecule has 2 aromatic carbocycles. The summed E-state index contributed by atoms with van der Waals surface area (Å²) in [6, 6.07) is 15.2. The Kier molecular flexibility index (Phi) is 7.85. The molecular formula is C29H32N2O7. The fraction of sp³-hybridized carbons (Fsp3) is 0.379. The summed E-state index contributed by atoms with van der Waals surface area (Å²) < 4.78 is 10.7. The predicted octanol–water partition coefficient (Wildman–Crippen LogP) is 4.05. The molecule has 0 bridgehead atoms. The predicted molar refractivity (Wildman–Crippen MR) is 139 cm³/mol. The van der Waals surface area contributed by atoms with Gasteiger partial charge in [0, 0.05) is 6.42 Å².